The van der Waals surface area contributed by atoms with Gasteiger partial charge >= 0.3 is 6.61 Å². The van der Waals surface area contributed by atoms with Gasteiger partial charge in [0.1, 0.15) is 5.75 Å². The lowest BCUT2D eigenvalue weighted by atomic mass is 9.84. The van der Waals surface area contributed by atoms with Crippen LogP contribution >= 0.6 is 0 Å². The summed E-state index contributed by atoms with van der Waals surface area (Å²) < 4.78 is 29.5. The Balaban J connectivity index is 1.95. The van der Waals surface area contributed by atoms with Gasteiger partial charge in [-0.2, -0.15) is 8.78 Å². The molecule has 0 aromatic heterocycles. The van der Waals surface area contributed by atoms with Crippen molar-refractivity contribution in [1.29, 1.82) is 0 Å². The van der Waals surface area contributed by atoms with Gasteiger partial charge in [0.2, 0.25) is 0 Å². The van der Waals surface area contributed by atoms with Crippen LogP contribution in [0.5, 0.6) is 5.75 Å². The number of rotatable bonds is 6. The van der Waals surface area contributed by atoms with Gasteiger partial charge in [-0.3, -0.25) is 0 Å². The maximum absolute atomic E-state index is 12.5. The summed E-state index contributed by atoms with van der Waals surface area (Å²) in [6.07, 6.45) is 6.11. The van der Waals surface area contributed by atoms with Crippen LogP contribution in [-0.2, 0) is 0 Å². The van der Waals surface area contributed by atoms with Crippen LogP contribution in [0.25, 0.3) is 0 Å². The van der Waals surface area contributed by atoms with E-state index in [1.54, 1.807) is 12.1 Å². The maximum Gasteiger partial charge on any atom is 0.387 e. The van der Waals surface area contributed by atoms with Crippen LogP contribution in [0, 0.1) is 5.92 Å². The molecule has 0 amide bonds. The van der Waals surface area contributed by atoms with E-state index < -0.39 is 6.61 Å². The fourth-order valence-corrected chi connectivity index (χ4v) is 3.22. The Morgan fingerprint density at radius 2 is 1.86 bits per heavy atom. The second kappa shape index (κ2) is 7.74. The second-order valence-corrected chi connectivity index (χ2v) is 5.93. The van der Waals surface area contributed by atoms with Crippen molar-refractivity contribution >= 4 is 0 Å². The van der Waals surface area contributed by atoms with Gasteiger partial charge in [-0.05, 0) is 44.6 Å². The molecule has 1 aliphatic carbocycles. The van der Waals surface area contributed by atoms with Gasteiger partial charge in [0.25, 0.3) is 0 Å². The number of alkyl halides is 2. The van der Waals surface area contributed by atoms with Crippen molar-refractivity contribution in [2.75, 3.05) is 0 Å². The molecule has 1 fully saturated rings. The summed E-state index contributed by atoms with van der Waals surface area (Å²) in [4.78, 5) is 0. The average molecular weight is 297 g/mol. The first-order valence-electron chi connectivity index (χ1n) is 7.90. The lowest BCUT2D eigenvalue weighted by Crippen LogP contribution is -2.35. The molecule has 0 heterocycles. The highest BCUT2D eigenvalue weighted by molar-refractivity contribution is 5.35. The van der Waals surface area contributed by atoms with Crippen LogP contribution in [0.2, 0.25) is 0 Å². The van der Waals surface area contributed by atoms with Crippen LogP contribution in [0.4, 0.5) is 8.78 Å². The van der Waals surface area contributed by atoms with Crippen LogP contribution in [0.15, 0.2) is 24.3 Å². The molecule has 1 aromatic carbocycles. The Morgan fingerprint density at radius 3 is 2.48 bits per heavy atom. The largest absolute Gasteiger partial charge is 0.434 e. The van der Waals surface area contributed by atoms with Crippen LogP contribution in [-0.4, -0.2) is 12.7 Å². The number of hydrogen-bond acceptors (Lipinski definition) is 2. The first-order valence-corrected chi connectivity index (χ1v) is 7.90. The number of ether oxygens (including phenoxy) is 1. The minimum absolute atomic E-state index is 0.0168. The molecule has 0 aliphatic heterocycles. The fraction of sp³-hybridized carbons (Fsp3) is 0.647. The zero-order valence-electron chi connectivity index (χ0n) is 12.8. The lowest BCUT2D eigenvalue weighted by molar-refractivity contribution is -0.0507. The first-order chi connectivity index (χ1) is 10.1. The van der Waals surface area contributed by atoms with E-state index in [2.05, 4.69) is 17.0 Å². The van der Waals surface area contributed by atoms with E-state index in [0.29, 0.717) is 6.04 Å². The minimum Gasteiger partial charge on any atom is -0.434 e. The van der Waals surface area contributed by atoms with Gasteiger partial charge in [-0.1, -0.05) is 31.5 Å². The molecule has 4 heteroatoms. The Labute approximate surface area is 125 Å². The highest BCUT2D eigenvalue weighted by Gasteiger charge is 2.22. The molecule has 1 atom stereocenters. The highest BCUT2D eigenvalue weighted by atomic mass is 19.3. The van der Waals surface area contributed by atoms with E-state index in [1.807, 2.05) is 19.1 Å². The Bertz CT molecular complexity index is 431. The SMILES string of the molecule is CCC1CCC(NC(C)c2ccccc2OC(F)F)CC1. The summed E-state index contributed by atoms with van der Waals surface area (Å²) in [5.74, 6) is 1.13. The smallest absolute Gasteiger partial charge is 0.387 e. The average Bonchev–Trinajstić information content (AvgIpc) is 2.48. The van der Waals surface area contributed by atoms with Crippen molar-refractivity contribution in [3.63, 3.8) is 0 Å². The third kappa shape index (κ3) is 4.67. The summed E-state index contributed by atoms with van der Waals surface area (Å²) in [5, 5.41) is 3.57. The standard InChI is InChI=1S/C17H25F2NO/c1-3-13-8-10-14(11-9-13)20-12(2)15-6-4-5-7-16(15)21-17(18)19/h4-7,12-14,17,20H,3,8-11H2,1-2H3. The van der Waals surface area contributed by atoms with Crippen molar-refractivity contribution in [2.24, 2.45) is 5.92 Å². The van der Waals surface area contributed by atoms with E-state index in [9.17, 15) is 8.78 Å². The molecular weight excluding hydrogens is 272 g/mol. The summed E-state index contributed by atoms with van der Waals surface area (Å²) in [6.45, 7) is 1.48. The predicted octanol–water partition coefficient (Wildman–Crippen LogP) is 4.91. The quantitative estimate of drug-likeness (QED) is 0.805. The van der Waals surface area contributed by atoms with E-state index >= 15 is 0 Å². The normalized spacial score (nSPS) is 24.0. The molecule has 21 heavy (non-hydrogen) atoms. The van der Waals surface area contributed by atoms with Gasteiger partial charge in [0, 0.05) is 17.6 Å². The van der Waals surface area contributed by atoms with Gasteiger partial charge in [0.15, 0.2) is 0 Å². The second-order valence-electron chi connectivity index (χ2n) is 5.93. The van der Waals surface area contributed by atoms with Crippen molar-refractivity contribution in [3.05, 3.63) is 29.8 Å². The summed E-state index contributed by atoms with van der Waals surface area (Å²) >= 11 is 0. The van der Waals surface area contributed by atoms with Crippen LogP contribution in [0.3, 0.4) is 0 Å². The van der Waals surface area contributed by atoms with E-state index in [1.165, 1.54) is 32.1 Å². The molecule has 1 aromatic rings. The molecule has 1 aliphatic rings. The number of para-hydroxylation sites is 1. The van der Waals surface area contributed by atoms with Crippen LogP contribution in [0.1, 0.15) is 57.6 Å². The zero-order chi connectivity index (χ0) is 15.2. The third-order valence-corrected chi connectivity index (χ3v) is 4.51. The fourth-order valence-electron chi connectivity index (χ4n) is 3.22. The van der Waals surface area contributed by atoms with Crippen molar-refractivity contribution in [2.45, 2.75) is 64.6 Å². The maximum atomic E-state index is 12.5. The number of benzene rings is 1. The monoisotopic (exact) mass is 297 g/mol. The van der Waals surface area contributed by atoms with Crippen molar-refractivity contribution in [1.82, 2.24) is 5.32 Å². The molecule has 0 bridgehead atoms. The topological polar surface area (TPSA) is 21.3 Å². The number of halogens is 2. The highest BCUT2D eigenvalue weighted by Crippen LogP contribution is 2.30. The molecule has 1 saturated carbocycles. The summed E-state index contributed by atoms with van der Waals surface area (Å²) in [6, 6.07) is 7.53. The molecule has 1 N–H and O–H groups in total. The van der Waals surface area contributed by atoms with E-state index in [4.69, 9.17) is 0 Å². The third-order valence-electron chi connectivity index (χ3n) is 4.51. The van der Waals surface area contributed by atoms with Crippen LogP contribution < -0.4 is 10.1 Å². The molecule has 2 rings (SSSR count). The Kier molecular flexibility index (Phi) is 5.97. The van der Waals surface area contributed by atoms with E-state index in [-0.39, 0.29) is 11.8 Å². The van der Waals surface area contributed by atoms with E-state index in [0.717, 1.165) is 11.5 Å². The Morgan fingerprint density at radius 1 is 1.19 bits per heavy atom. The lowest BCUT2D eigenvalue weighted by Gasteiger charge is -2.31. The molecule has 2 nitrogen and oxygen atoms in total. The summed E-state index contributed by atoms with van der Waals surface area (Å²) in [5.41, 5.74) is 0.801. The molecule has 1 unspecified atom stereocenters. The van der Waals surface area contributed by atoms with Gasteiger partial charge in [-0.25, -0.2) is 0 Å². The first kappa shape index (κ1) is 16.2. The zero-order valence-corrected chi connectivity index (χ0v) is 12.8. The molecule has 118 valence electrons. The molecular formula is C17H25F2NO. The molecule has 0 radical (unpaired) electrons. The molecule has 0 saturated heterocycles. The van der Waals surface area contributed by atoms with Gasteiger partial charge in [-0.15, -0.1) is 0 Å². The number of hydrogen-bond donors (Lipinski definition) is 1. The predicted molar refractivity (Wildman–Crippen MR) is 80.7 cm³/mol. The number of nitrogens with one attached hydrogen (secondary N) is 1. The minimum atomic E-state index is -2.78. The van der Waals surface area contributed by atoms with Gasteiger partial charge < -0.3 is 10.1 Å². The molecule has 0 spiro atoms. The van der Waals surface area contributed by atoms with Crippen molar-refractivity contribution < 1.29 is 13.5 Å². The Hall–Kier alpha value is -1.16. The summed E-state index contributed by atoms with van der Waals surface area (Å²) in [7, 11) is 0. The van der Waals surface area contributed by atoms with Crippen molar-refractivity contribution in [3.8, 4) is 5.75 Å². The van der Waals surface area contributed by atoms with Gasteiger partial charge in [0.05, 0.1) is 0 Å².